The molecule has 0 spiro atoms. The van der Waals surface area contributed by atoms with Gasteiger partial charge in [0.05, 0.1) is 0 Å². The molecular weight excluding hydrogens is 428 g/mol. The fraction of sp³-hybridized carbons (Fsp3) is 0.391. The first-order chi connectivity index (χ1) is 15.5. The Morgan fingerprint density at radius 2 is 1.82 bits per heavy atom. The number of nitrogens with zero attached hydrogens (tertiary/aromatic N) is 1. The number of carbonyl (C=O) groups is 3. The second-order valence-electron chi connectivity index (χ2n) is 8.29. The van der Waals surface area contributed by atoms with E-state index in [4.69, 9.17) is 15.2 Å². The summed E-state index contributed by atoms with van der Waals surface area (Å²) in [7, 11) is 0. The van der Waals surface area contributed by atoms with Crippen molar-refractivity contribution >= 4 is 34.7 Å². The number of benzene rings is 2. The average Bonchev–Trinajstić information content (AvgIpc) is 2.72. The van der Waals surface area contributed by atoms with Gasteiger partial charge in [0.25, 0.3) is 5.91 Å². The van der Waals surface area contributed by atoms with E-state index >= 15 is 0 Å². The molecule has 0 aromatic heterocycles. The summed E-state index contributed by atoms with van der Waals surface area (Å²) in [6.07, 6.45) is -0.287. The van der Waals surface area contributed by atoms with Crippen molar-refractivity contribution in [3.8, 4) is 5.75 Å². The third kappa shape index (κ3) is 9.46. The number of aliphatic imine (C=N–C) groups is 1. The summed E-state index contributed by atoms with van der Waals surface area (Å²) in [5.74, 6) is -1.34. The number of carboxylic acids is 1. The zero-order valence-corrected chi connectivity index (χ0v) is 19.0. The number of aliphatic carboxylic acids is 1. The number of hydrogen-bond donors (Lipinski definition) is 4. The predicted molar refractivity (Wildman–Crippen MR) is 124 cm³/mol. The molecule has 0 aliphatic heterocycles. The summed E-state index contributed by atoms with van der Waals surface area (Å²) in [5, 5.41) is 16.1. The fourth-order valence-corrected chi connectivity index (χ4v) is 2.84. The Bertz CT molecular complexity index is 1020. The molecule has 2 aromatic rings. The second kappa shape index (κ2) is 11.7. The first-order valence-corrected chi connectivity index (χ1v) is 10.5. The van der Waals surface area contributed by atoms with Crippen molar-refractivity contribution in [1.29, 1.82) is 0 Å². The van der Waals surface area contributed by atoms with E-state index in [1.54, 1.807) is 26.8 Å². The van der Waals surface area contributed by atoms with Gasteiger partial charge >= 0.3 is 12.1 Å². The van der Waals surface area contributed by atoms with Crippen molar-refractivity contribution in [2.24, 2.45) is 10.7 Å². The summed E-state index contributed by atoms with van der Waals surface area (Å²) in [4.78, 5) is 39.2. The van der Waals surface area contributed by atoms with E-state index in [1.807, 2.05) is 36.4 Å². The van der Waals surface area contributed by atoms with Crippen LogP contribution in [0.4, 0.5) is 4.79 Å². The van der Waals surface area contributed by atoms with Crippen molar-refractivity contribution in [2.75, 3.05) is 13.2 Å². The number of fused-ring (bicyclic) bond motifs is 1. The standard InChI is InChI=1S/C23H30N4O6/c1-23(2,3)33-22(31)27-21(24)25-12-6-9-18(20(29)30)26-19(28)14-32-17-11-10-15-7-4-5-8-16(15)13-17/h4-5,7-8,10-11,13,18H,6,9,12,14H2,1-3H3,(H,26,28)(H,29,30)(H3,24,25,27,31)/t18-/m0/s1. The molecule has 0 radical (unpaired) electrons. The van der Waals surface area contributed by atoms with Gasteiger partial charge in [-0.2, -0.15) is 0 Å². The van der Waals surface area contributed by atoms with Gasteiger partial charge < -0.3 is 25.6 Å². The van der Waals surface area contributed by atoms with Crippen molar-refractivity contribution in [2.45, 2.75) is 45.3 Å². The SMILES string of the molecule is CC(C)(C)OC(=O)NC(N)=NCCC[C@H](NC(=O)COc1ccc2ccccc2c1)C(=O)O. The Kier molecular flexibility index (Phi) is 9.02. The minimum Gasteiger partial charge on any atom is -0.484 e. The number of alkyl carbamates (subject to hydrolysis) is 1. The quantitative estimate of drug-likeness (QED) is 0.256. The van der Waals surface area contributed by atoms with E-state index in [-0.39, 0.29) is 25.5 Å². The largest absolute Gasteiger partial charge is 0.484 e. The van der Waals surface area contributed by atoms with Crippen LogP contribution in [0.25, 0.3) is 10.8 Å². The number of amides is 2. The van der Waals surface area contributed by atoms with Crippen LogP contribution in [-0.2, 0) is 14.3 Å². The van der Waals surface area contributed by atoms with Gasteiger partial charge in [-0.1, -0.05) is 30.3 Å². The maximum Gasteiger partial charge on any atom is 0.414 e. The molecule has 2 aromatic carbocycles. The van der Waals surface area contributed by atoms with Gasteiger partial charge in [0.1, 0.15) is 17.4 Å². The van der Waals surface area contributed by atoms with Crippen LogP contribution in [0, 0.1) is 0 Å². The molecule has 0 unspecified atom stereocenters. The Morgan fingerprint density at radius 1 is 1.12 bits per heavy atom. The van der Waals surface area contributed by atoms with Gasteiger partial charge in [0.2, 0.25) is 0 Å². The first-order valence-electron chi connectivity index (χ1n) is 10.5. The molecule has 0 heterocycles. The number of guanidine groups is 1. The Morgan fingerprint density at radius 3 is 2.48 bits per heavy atom. The van der Waals surface area contributed by atoms with E-state index in [1.165, 1.54) is 0 Å². The van der Waals surface area contributed by atoms with Crippen LogP contribution in [0.15, 0.2) is 47.5 Å². The molecule has 0 saturated heterocycles. The molecule has 2 amide bonds. The molecule has 0 bridgehead atoms. The van der Waals surface area contributed by atoms with E-state index in [2.05, 4.69) is 15.6 Å². The average molecular weight is 459 g/mol. The van der Waals surface area contributed by atoms with Gasteiger partial charge in [0.15, 0.2) is 12.6 Å². The summed E-state index contributed by atoms with van der Waals surface area (Å²) < 4.78 is 10.5. The third-order valence-electron chi connectivity index (χ3n) is 4.29. The number of hydrogen-bond acceptors (Lipinski definition) is 6. The van der Waals surface area contributed by atoms with Crippen LogP contribution in [0.5, 0.6) is 5.75 Å². The molecule has 10 nitrogen and oxygen atoms in total. The van der Waals surface area contributed by atoms with Crippen LogP contribution in [0.1, 0.15) is 33.6 Å². The maximum atomic E-state index is 12.2. The number of nitrogens with one attached hydrogen (secondary N) is 2. The molecule has 1 atom stereocenters. The normalized spacial score (nSPS) is 12.6. The number of ether oxygens (including phenoxy) is 2. The molecule has 0 aliphatic carbocycles. The molecule has 2 rings (SSSR count). The number of nitrogens with two attached hydrogens (primary N) is 1. The Labute approximate surface area is 192 Å². The van der Waals surface area contributed by atoms with Gasteiger partial charge in [-0.3, -0.25) is 15.1 Å². The zero-order valence-electron chi connectivity index (χ0n) is 19.0. The Hall–Kier alpha value is -3.82. The van der Waals surface area contributed by atoms with E-state index in [0.29, 0.717) is 12.2 Å². The van der Waals surface area contributed by atoms with Crippen molar-refractivity contribution < 1.29 is 29.0 Å². The topological polar surface area (TPSA) is 152 Å². The van der Waals surface area contributed by atoms with Crippen molar-refractivity contribution in [3.05, 3.63) is 42.5 Å². The molecule has 33 heavy (non-hydrogen) atoms. The van der Waals surface area contributed by atoms with Gasteiger partial charge in [-0.25, -0.2) is 9.59 Å². The molecule has 5 N–H and O–H groups in total. The summed E-state index contributed by atoms with van der Waals surface area (Å²) in [6.45, 7) is 5.00. The summed E-state index contributed by atoms with van der Waals surface area (Å²) in [6, 6.07) is 12.1. The molecule has 0 fully saturated rings. The zero-order chi connectivity index (χ0) is 24.4. The van der Waals surface area contributed by atoms with Gasteiger partial charge in [-0.05, 0) is 56.5 Å². The van der Waals surface area contributed by atoms with Crippen LogP contribution >= 0.6 is 0 Å². The van der Waals surface area contributed by atoms with Crippen LogP contribution in [-0.4, -0.2) is 53.8 Å². The monoisotopic (exact) mass is 458 g/mol. The third-order valence-corrected chi connectivity index (χ3v) is 4.29. The number of carbonyl (C=O) groups excluding carboxylic acids is 2. The highest BCUT2D eigenvalue weighted by molar-refractivity contribution is 5.93. The van der Waals surface area contributed by atoms with Crippen LogP contribution < -0.4 is 21.1 Å². The summed E-state index contributed by atoms with van der Waals surface area (Å²) >= 11 is 0. The Balaban J connectivity index is 1.77. The fourth-order valence-electron chi connectivity index (χ4n) is 2.84. The van der Waals surface area contributed by atoms with Gasteiger partial charge in [0, 0.05) is 6.54 Å². The van der Waals surface area contributed by atoms with E-state index in [9.17, 15) is 19.5 Å². The van der Waals surface area contributed by atoms with Gasteiger partial charge in [-0.15, -0.1) is 0 Å². The lowest BCUT2D eigenvalue weighted by Gasteiger charge is -2.19. The lowest BCUT2D eigenvalue weighted by atomic mass is 10.1. The van der Waals surface area contributed by atoms with Crippen molar-refractivity contribution in [1.82, 2.24) is 10.6 Å². The highest BCUT2D eigenvalue weighted by Gasteiger charge is 2.20. The second-order valence-corrected chi connectivity index (χ2v) is 8.29. The smallest absolute Gasteiger partial charge is 0.414 e. The lowest BCUT2D eigenvalue weighted by Crippen LogP contribution is -2.43. The van der Waals surface area contributed by atoms with Crippen LogP contribution in [0.2, 0.25) is 0 Å². The number of carboxylic acid groups (broad SMARTS) is 1. The lowest BCUT2D eigenvalue weighted by molar-refractivity contribution is -0.142. The molecular formula is C23H30N4O6. The molecule has 178 valence electrons. The predicted octanol–water partition coefficient (Wildman–Crippen LogP) is 2.41. The number of rotatable bonds is 9. The highest BCUT2D eigenvalue weighted by Crippen LogP contribution is 2.20. The molecule has 0 saturated carbocycles. The minimum absolute atomic E-state index is 0.125. The van der Waals surface area contributed by atoms with Crippen LogP contribution in [0.3, 0.4) is 0 Å². The van der Waals surface area contributed by atoms with E-state index < -0.39 is 29.6 Å². The first kappa shape index (κ1) is 25.4. The maximum absolute atomic E-state index is 12.2. The van der Waals surface area contributed by atoms with Crippen molar-refractivity contribution in [3.63, 3.8) is 0 Å². The minimum atomic E-state index is -1.17. The molecule has 0 aliphatic rings. The molecule has 10 heteroatoms. The summed E-state index contributed by atoms with van der Waals surface area (Å²) in [5.41, 5.74) is 4.94. The van der Waals surface area contributed by atoms with E-state index in [0.717, 1.165) is 10.8 Å². The highest BCUT2D eigenvalue weighted by atomic mass is 16.6.